The molecule has 0 spiro atoms. The lowest BCUT2D eigenvalue weighted by atomic mass is 9.78. The van der Waals surface area contributed by atoms with Gasteiger partial charge in [0.25, 0.3) is 0 Å². The van der Waals surface area contributed by atoms with Crippen LogP contribution in [-0.2, 0) is 9.31 Å². The molecular weight excluding hydrogens is 302 g/mol. The van der Waals surface area contributed by atoms with Crippen LogP contribution < -0.4 is 0 Å². The molecular formula is C16H20BFO3S. The number of halogens is 1. The first kappa shape index (κ1) is 17.3. The standard InChI is InChI=1S/C16H20BFO3S/c1-15(2)16(3,4)21-17(20-15)13(10-22)7-11-5-6-14(18)8-12(11)9-19/h5-9,22H,10H2,1-4H3. The molecule has 0 aliphatic carbocycles. The summed E-state index contributed by atoms with van der Waals surface area (Å²) in [6.45, 7) is 7.88. The molecule has 0 saturated carbocycles. The Kier molecular flexibility index (Phi) is 4.85. The number of hydrogen-bond donors (Lipinski definition) is 1. The van der Waals surface area contributed by atoms with Gasteiger partial charge in [-0.2, -0.15) is 12.6 Å². The lowest BCUT2D eigenvalue weighted by Gasteiger charge is -2.32. The van der Waals surface area contributed by atoms with E-state index >= 15 is 0 Å². The predicted octanol–water partition coefficient (Wildman–Crippen LogP) is 3.58. The largest absolute Gasteiger partial charge is 0.491 e. The van der Waals surface area contributed by atoms with Crippen molar-refractivity contribution < 1.29 is 18.5 Å². The van der Waals surface area contributed by atoms with Gasteiger partial charge in [0.15, 0.2) is 6.29 Å². The topological polar surface area (TPSA) is 35.5 Å². The molecule has 0 aromatic heterocycles. The second-order valence-corrected chi connectivity index (χ2v) is 6.67. The van der Waals surface area contributed by atoms with Crippen LogP contribution in [-0.4, -0.2) is 30.4 Å². The summed E-state index contributed by atoms with van der Waals surface area (Å²) in [6, 6.07) is 4.09. The minimum atomic E-state index is -0.535. The minimum absolute atomic E-state index is 0.288. The lowest BCUT2D eigenvalue weighted by Crippen LogP contribution is -2.41. The highest BCUT2D eigenvalue weighted by Crippen LogP contribution is 2.39. The maximum atomic E-state index is 13.2. The van der Waals surface area contributed by atoms with E-state index in [4.69, 9.17) is 9.31 Å². The van der Waals surface area contributed by atoms with Gasteiger partial charge in [0.05, 0.1) is 11.2 Å². The van der Waals surface area contributed by atoms with Gasteiger partial charge in [0.2, 0.25) is 0 Å². The molecule has 3 nitrogen and oxygen atoms in total. The molecule has 1 heterocycles. The molecule has 0 radical (unpaired) electrons. The first-order chi connectivity index (χ1) is 10.2. The third-order valence-electron chi connectivity index (χ3n) is 4.26. The van der Waals surface area contributed by atoms with Crippen LogP contribution in [0.3, 0.4) is 0 Å². The monoisotopic (exact) mass is 322 g/mol. The van der Waals surface area contributed by atoms with Gasteiger partial charge in [-0.25, -0.2) is 4.39 Å². The summed E-state index contributed by atoms with van der Waals surface area (Å²) in [5.74, 6) is -0.0331. The number of rotatable bonds is 4. The van der Waals surface area contributed by atoms with E-state index in [1.165, 1.54) is 12.1 Å². The summed E-state index contributed by atoms with van der Waals surface area (Å²) >= 11 is 4.33. The van der Waals surface area contributed by atoms with Crippen molar-refractivity contribution in [3.8, 4) is 0 Å². The average Bonchev–Trinajstić information content (AvgIpc) is 2.65. The number of thiol groups is 1. The quantitative estimate of drug-likeness (QED) is 0.523. The van der Waals surface area contributed by atoms with E-state index in [0.29, 0.717) is 17.6 Å². The van der Waals surface area contributed by atoms with Crippen molar-refractivity contribution >= 4 is 32.1 Å². The third kappa shape index (κ3) is 3.29. The number of hydrogen-bond acceptors (Lipinski definition) is 4. The SMILES string of the molecule is CC1(C)OB(C(=Cc2ccc(F)cc2C=O)CS)OC1(C)C. The van der Waals surface area contributed by atoms with Gasteiger partial charge >= 0.3 is 7.12 Å². The molecule has 0 atom stereocenters. The van der Waals surface area contributed by atoms with Crippen LogP contribution in [0.5, 0.6) is 0 Å². The van der Waals surface area contributed by atoms with Crippen molar-refractivity contribution in [3.05, 3.63) is 40.6 Å². The van der Waals surface area contributed by atoms with Gasteiger partial charge in [0, 0.05) is 11.3 Å². The van der Waals surface area contributed by atoms with E-state index in [9.17, 15) is 9.18 Å². The lowest BCUT2D eigenvalue weighted by molar-refractivity contribution is 0.00578. The van der Waals surface area contributed by atoms with Crippen molar-refractivity contribution in [2.24, 2.45) is 0 Å². The zero-order valence-electron chi connectivity index (χ0n) is 13.2. The maximum absolute atomic E-state index is 13.2. The summed E-state index contributed by atoms with van der Waals surface area (Å²) in [6.07, 6.45) is 2.41. The molecule has 0 bridgehead atoms. The average molecular weight is 322 g/mol. The van der Waals surface area contributed by atoms with E-state index in [2.05, 4.69) is 12.6 Å². The van der Waals surface area contributed by atoms with Crippen LogP contribution in [0, 0.1) is 5.82 Å². The second kappa shape index (κ2) is 6.18. The number of carbonyl (C=O) groups is 1. The Hall–Kier alpha value is -1.11. The number of benzene rings is 1. The Morgan fingerprint density at radius 2 is 1.82 bits per heavy atom. The van der Waals surface area contributed by atoms with Crippen molar-refractivity contribution in [2.75, 3.05) is 5.75 Å². The normalized spacial score (nSPS) is 20.3. The molecule has 1 fully saturated rings. The van der Waals surface area contributed by atoms with Crippen molar-refractivity contribution in [1.82, 2.24) is 0 Å². The van der Waals surface area contributed by atoms with E-state index in [1.54, 1.807) is 12.1 Å². The summed E-state index contributed by atoms with van der Waals surface area (Å²) in [5, 5.41) is 0. The number of aldehydes is 1. The molecule has 0 unspecified atom stereocenters. The smallest absolute Gasteiger partial charge is 0.400 e. The summed E-state index contributed by atoms with van der Waals surface area (Å²) < 4.78 is 25.2. The predicted molar refractivity (Wildman–Crippen MR) is 89.7 cm³/mol. The van der Waals surface area contributed by atoms with Gasteiger partial charge in [-0.3, -0.25) is 4.79 Å². The maximum Gasteiger partial charge on any atom is 0.491 e. The van der Waals surface area contributed by atoms with Crippen LogP contribution in [0.25, 0.3) is 6.08 Å². The zero-order valence-corrected chi connectivity index (χ0v) is 14.1. The molecule has 1 saturated heterocycles. The highest BCUT2D eigenvalue weighted by molar-refractivity contribution is 7.80. The molecule has 0 amide bonds. The summed E-state index contributed by atoms with van der Waals surface area (Å²) in [4.78, 5) is 11.1. The molecule has 1 aliphatic rings. The fourth-order valence-corrected chi connectivity index (χ4v) is 2.40. The molecule has 118 valence electrons. The molecule has 22 heavy (non-hydrogen) atoms. The Morgan fingerprint density at radius 3 is 2.32 bits per heavy atom. The van der Waals surface area contributed by atoms with Crippen LogP contribution in [0.15, 0.2) is 23.7 Å². The van der Waals surface area contributed by atoms with Crippen LogP contribution in [0.4, 0.5) is 4.39 Å². The highest BCUT2D eigenvalue weighted by Gasteiger charge is 2.52. The Bertz CT molecular complexity index is 597. The van der Waals surface area contributed by atoms with Gasteiger partial charge in [0.1, 0.15) is 5.82 Å². The molecule has 2 rings (SSSR count). The molecule has 0 N–H and O–H groups in total. The van der Waals surface area contributed by atoms with E-state index < -0.39 is 24.1 Å². The van der Waals surface area contributed by atoms with Crippen LogP contribution >= 0.6 is 12.6 Å². The van der Waals surface area contributed by atoms with Gasteiger partial charge in [-0.15, -0.1) is 0 Å². The highest BCUT2D eigenvalue weighted by atomic mass is 32.1. The fraction of sp³-hybridized carbons (Fsp3) is 0.438. The zero-order chi connectivity index (χ0) is 16.5. The van der Waals surface area contributed by atoms with Gasteiger partial charge < -0.3 is 9.31 Å². The molecule has 1 aliphatic heterocycles. The minimum Gasteiger partial charge on any atom is -0.400 e. The van der Waals surface area contributed by atoms with E-state index in [1.807, 2.05) is 27.7 Å². The van der Waals surface area contributed by atoms with Gasteiger partial charge in [-0.05, 0) is 50.9 Å². The van der Waals surface area contributed by atoms with Gasteiger partial charge in [-0.1, -0.05) is 12.1 Å². The molecule has 1 aromatic rings. The fourth-order valence-electron chi connectivity index (χ4n) is 2.16. The van der Waals surface area contributed by atoms with E-state index in [0.717, 1.165) is 5.47 Å². The third-order valence-corrected chi connectivity index (χ3v) is 4.62. The Balaban J connectivity index is 2.36. The van der Waals surface area contributed by atoms with E-state index in [-0.39, 0.29) is 5.56 Å². The Labute approximate surface area is 136 Å². The van der Waals surface area contributed by atoms with Crippen molar-refractivity contribution in [2.45, 2.75) is 38.9 Å². The molecule has 6 heteroatoms. The Morgan fingerprint density at radius 1 is 1.23 bits per heavy atom. The van der Waals surface area contributed by atoms with Crippen LogP contribution in [0.2, 0.25) is 0 Å². The number of carbonyl (C=O) groups excluding carboxylic acids is 1. The molecule has 1 aromatic carbocycles. The first-order valence-electron chi connectivity index (χ1n) is 7.12. The van der Waals surface area contributed by atoms with Crippen molar-refractivity contribution in [3.63, 3.8) is 0 Å². The van der Waals surface area contributed by atoms with Crippen LogP contribution in [0.1, 0.15) is 43.6 Å². The first-order valence-corrected chi connectivity index (χ1v) is 7.75. The summed E-state index contributed by atoms with van der Waals surface area (Å²) in [7, 11) is -0.535. The van der Waals surface area contributed by atoms with Crippen molar-refractivity contribution in [1.29, 1.82) is 0 Å². The summed E-state index contributed by atoms with van der Waals surface area (Å²) in [5.41, 5.74) is 0.800. The second-order valence-electron chi connectivity index (χ2n) is 6.36.